The molecule has 0 aliphatic carbocycles. The monoisotopic (exact) mass is 519 g/mol. The Morgan fingerprint density at radius 2 is 1.72 bits per heavy atom. The third-order valence-corrected chi connectivity index (χ3v) is 6.35. The number of esters is 1. The van der Waals surface area contributed by atoms with Crippen LogP contribution in [0, 0.1) is 23.2 Å². The zero-order valence-electron chi connectivity index (χ0n) is 21.8. The first-order valence-electron chi connectivity index (χ1n) is 12.9. The van der Waals surface area contributed by atoms with Crippen molar-refractivity contribution in [2.24, 2.45) is 0 Å². The number of unbranched alkanes of at least 4 members (excludes halogenated alkanes) is 2. The average Bonchev–Trinajstić information content (AvgIpc) is 3.06. The van der Waals surface area contributed by atoms with Crippen LogP contribution in [0.15, 0.2) is 78.9 Å². The largest absolute Gasteiger partial charge is 0.466 e. The molecule has 4 rings (SSSR count). The van der Waals surface area contributed by atoms with Gasteiger partial charge in [0.05, 0.1) is 36.4 Å². The SMILES string of the molecule is CCOC(=O)CC(c1ccccc1)N1CC(=O)N(c2ccccc2)c2ccc(C#CCCCC#N)cc2C1=O. The lowest BCUT2D eigenvalue weighted by Crippen LogP contribution is -2.41. The Morgan fingerprint density at radius 3 is 2.41 bits per heavy atom. The van der Waals surface area contributed by atoms with E-state index in [1.807, 2.05) is 60.7 Å². The van der Waals surface area contributed by atoms with E-state index in [1.165, 1.54) is 4.90 Å². The number of nitriles is 1. The van der Waals surface area contributed by atoms with Gasteiger partial charge in [-0.05, 0) is 49.2 Å². The zero-order chi connectivity index (χ0) is 27.6. The van der Waals surface area contributed by atoms with Crippen molar-refractivity contribution in [2.75, 3.05) is 18.1 Å². The smallest absolute Gasteiger partial charge is 0.308 e. The van der Waals surface area contributed by atoms with Crippen LogP contribution in [0.3, 0.4) is 0 Å². The minimum Gasteiger partial charge on any atom is -0.466 e. The summed E-state index contributed by atoms with van der Waals surface area (Å²) in [5, 5.41) is 8.75. The van der Waals surface area contributed by atoms with E-state index in [0.717, 1.165) is 5.56 Å². The number of hydrogen-bond acceptors (Lipinski definition) is 5. The predicted molar refractivity (Wildman–Crippen MR) is 148 cm³/mol. The fourth-order valence-electron chi connectivity index (χ4n) is 4.55. The van der Waals surface area contributed by atoms with Gasteiger partial charge < -0.3 is 9.64 Å². The lowest BCUT2D eigenvalue weighted by molar-refractivity contribution is -0.144. The van der Waals surface area contributed by atoms with E-state index in [2.05, 4.69) is 17.9 Å². The lowest BCUT2D eigenvalue weighted by atomic mass is 10.00. The molecule has 1 heterocycles. The predicted octanol–water partition coefficient (Wildman–Crippen LogP) is 5.55. The highest BCUT2D eigenvalue weighted by Crippen LogP contribution is 2.36. The topological polar surface area (TPSA) is 90.7 Å². The Bertz CT molecular complexity index is 1430. The first kappa shape index (κ1) is 27.2. The fraction of sp³-hybridized carbons (Fsp3) is 0.250. The van der Waals surface area contributed by atoms with Gasteiger partial charge in [0.1, 0.15) is 6.54 Å². The van der Waals surface area contributed by atoms with E-state index in [1.54, 1.807) is 30.0 Å². The summed E-state index contributed by atoms with van der Waals surface area (Å²) in [6, 6.07) is 25.0. The Balaban J connectivity index is 1.81. The van der Waals surface area contributed by atoms with Gasteiger partial charge in [-0.25, -0.2) is 0 Å². The molecule has 2 amide bonds. The third-order valence-electron chi connectivity index (χ3n) is 6.35. The standard InChI is InChI=1S/C32H29N3O4/c1-2-39-31(37)22-29(25-14-8-5-9-15-25)34-23-30(36)35(26-16-10-6-11-17-26)28-19-18-24(21-27(28)32(34)38)13-7-3-4-12-20-33/h5-6,8-11,14-19,21,29H,2-4,12,22-23H2,1H3. The molecule has 0 radical (unpaired) electrons. The van der Waals surface area contributed by atoms with Gasteiger partial charge in [-0.1, -0.05) is 60.4 Å². The third kappa shape index (κ3) is 6.52. The molecule has 7 nitrogen and oxygen atoms in total. The van der Waals surface area contributed by atoms with Crippen molar-refractivity contribution in [3.05, 3.63) is 95.6 Å². The molecule has 1 atom stereocenters. The van der Waals surface area contributed by atoms with Gasteiger partial charge in [0.25, 0.3) is 11.8 Å². The highest BCUT2D eigenvalue weighted by molar-refractivity contribution is 6.13. The van der Waals surface area contributed by atoms with Gasteiger partial charge in [-0.2, -0.15) is 5.26 Å². The molecule has 0 saturated carbocycles. The zero-order valence-corrected chi connectivity index (χ0v) is 21.8. The number of hydrogen-bond donors (Lipinski definition) is 0. The van der Waals surface area contributed by atoms with Crippen LogP contribution >= 0.6 is 0 Å². The summed E-state index contributed by atoms with van der Waals surface area (Å²) < 4.78 is 5.22. The van der Waals surface area contributed by atoms with E-state index >= 15 is 0 Å². The molecule has 1 aliphatic rings. The summed E-state index contributed by atoms with van der Waals surface area (Å²) in [4.78, 5) is 43.6. The Hall–Kier alpha value is -4.88. The highest BCUT2D eigenvalue weighted by Gasteiger charge is 2.37. The van der Waals surface area contributed by atoms with Gasteiger partial charge in [0, 0.05) is 24.1 Å². The fourth-order valence-corrected chi connectivity index (χ4v) is 4.55. The van der Waals surface area contributed by atoms with E-state index in [0.29, 0.717) is 41.8 Å². The van der Waals surface area contributed by atoms with E-state index in [9.17, 15) is 14.4 Å². The number of ether oxygens (including phenoxy) is 1. The number of anilines is 2. The second-order valence-corrected chi connectivity index (χ2v) is 8.98. The number of carbonyl (C=O) groups is 3. The second-order valence-electron chi connectivity index (χ2n) is 8.98. The minimum atomic E-state index is -0.703. The summed E-state index contributed by atoms with van der Waals surface area (Å²) in [5.41, 5.74) is 2.77. The van der Waals surface area contributed by atoms with Crippen LogP contribution in [0.5, 0.6) is 0 Å². The van der Waals surface area contributed by atoms with Crippen molar-refractivity contribution in [1.82, 2.24) is 4.90 Å². The average molecular weight is 520 g/mol. The minimum absolute atomic E-state index is 0.0874. The van der Waals surface area contributed by atoms with Crippen molar-refractivity contribution >= 4 is 29.2 Å². The molecule has 1 unspecified atom stereocenters. The maximum atomic E-state index is 14.2. The number of carbonyl (C=O) groups excluding carboxylic acids is 3. The van der Waals surface area contributed by atoms with E-state index in [4.69, 9.17) is 10.00 Å². The van der Waals surface area contributed by atoms with Crippen LogP contribution in [0.1, 0.15) is 60.1 Å². The van der Waals surface area contributed by atoms with Crippen LogP contribution in [0.2, 0.25) is 0 Å². The van der Waals surface area contributed by atoms with Crippen LogP contribution in [-0.2, 0) is 14.3 Å². The molecule has 0 fully saturated rings. The maximum absolute atomic E-state index is 14.2. The van der Waals surface area contributed by atoms with Crippen LogP contribution in [0.4, 0.5) is 11.4 Å². The Morgan fingerprint density at radius 1 is 1.00 bits per heavy atom. The number of benzene rings is 3. The molecule has 1 aliphatic heterocycles. The molecule has 196 valence electrons. The van der Waals surface area contributed by atoms with Gasteiger partial charge in [-0.3, -0.25) is 19.3 Å². The second kappa shape index (κ2) is 13.1. The summed E-state index contributed by atoms with van der Waals surface area (Å²) in [7, 11) is 0. The number of amides is 2. The molecule has 7 heteroatoms. The summed E-state index contributed by atoms with van der Waals surface area (Å²) in [6.45, 7) is 1.72. The number of fused-ring (bicyclic) bond motifs is 1. The van der Waals surface area contributed by atoms with Gasteiger partial charge >= 0.3 is 5.97 Å². The Labute approximate surface area is 228 Å². The van der Waals surface area contributed by atoms with Gasteiger partial charge in [0.2, 0.25) is 0 Å². The summed E-state index contributed by atoms with van der Waals surface area (Å²) in [6.07, 6.45) is 1.58. The molecular weight excluding hydrogens is 490 g/mol. The van der Waals surface area contributed by atoms with E-state index in [-0.39, 0.29) is 31.4 Å². The summed E-state index contributed by atoms with van der Waals surface area (Å²) >= 11 is 0. The number of nitrogens with zero attached hydrogens (tertiary/aromatic N) is 3. The normalized spacial score (nSPS) is 13.4. The maximum Gasteiger partial charge on any atom is 0.308 e. The molecule has 3 aromatic rings. The summed E-state index contributed by atoms with van der Waals surface area (Å²) in [5.74, 6) is 5.01. The molecular formula is C32H29N3O4. The first-order valence-corrected chi connectivity index (χ1v) is 12.9. The van der Waals surface area contributed by atoms with Crippen LogP contribution in [0.25, 0.3) is 0 Å². The van der Waals surface area contributed by atoms with Crippen LogP contribution < -0.4 is 4.90 Å². The molecule has 39 heavy (non-hydrogen) atoms. The van der Waals surface area contributed by atoms with Gasteiger partial charge in [0.15, 0.2) is 0 Å². The Kier molecular flexibility index (Phi) is 9.11. The molecule has 0 spiro atoms. The molecule has 3 aromatic carbocycles. The highest BCUT2D eigenvalue weighted by atomic mass is 16.5. The van der Waals surface area contributed by atoms with Crippen molar-refractivity contribution in [1.29, 1.82) is 5.26 Å². The van der Waals surface area contributed by atoms with Crippen molar-refractivity contribution in [2.45, 2.75) is 38.6 Å². The molecule has 0 aromatic heterocycles. The number of rotatable bonds is 8. The van der Waals surface area contributed by atoms with Crippen molar-refractivity contribution in [3.8, 4) is 17.9 Å². The quantitative estimate of drug-likeness (QED) is 0.221. The van der Waals surface area contributed by atoms with Crippen LogP contribution in [-0.4, -0.2) is 35.8 Å². The number of para-hydroxylation sites is 1. The van der Waals surface area contributed by atoms with Crippen molar-refractivity contribution in [3.63, 3.8) is 0 Å². The molecule has 0 bridgehead atoms. The lowest BCUT2D eigenvalue weighted by Gasteiger charge is -2.30. The van der Waals surface area contributed by atoms with Crippen molar-refractivity contribution < 1.29 is 19.1 Å². The van der Waals surface area contributed by atoms with Gasteiger partial charge in [-0.15, -0.1) is 0 Å². The first-order chi connectivity index (χ1) is 19.0. The van der Waals surface area contributed by atoms with E-state index < -0.39 is 12.0 Å². The molecule has 0 N–H and O–H groups in total. The molecule has 0 saturated heterocycles.